The number of pyridine rings is 1. The van der Waals surface area contributed by atoms with Crippen molar-refractivity contribution in [3.8, 4) is 0 Å². The molecule has 0 aliphatic carbocycles. The molecule has 0 aliphatic heterocycles. The lowest BCUT2D eigenvalue weighted by Gasteiger charge is -2.04. The summed E-state index contributed by atoms with van der Waals surface area (Å²) < 4.78 is 11.6. The number of benzene rings is 1. The summed E-state index contributed by atoms with van der Waals surface area (Å²) in [7, 11) is 2.99. The average molecular weight is 300 g/mol. The molecule has 22 heavy (non-hydrogen) atoms. The smallest absolute Gasteiger partial charge is 0.337 e. The number of carbonyl (C=O) groups excluding carboxylic acids is 1. The van der Waals surface area contributed by atoms with Crippen molar-refractivity contribution in [2.24, 2.45) is 0 Å². The monoisotopic (exact) mass is 300 g/mol. The van der Waals surface area contributed by atoms with Gasteiger partial charge < -0.3 is 15.2 Å². The van der Waals surface area contributed by atoms with Gasteiger partial charge in [-0.25, -0.2) is 9.78 Å². The molecule has 0 bridgehead atoms. The summed E-state index contributed by atoms with van der Waals surface area (Å²) in [4.78, 5) is 16.1. The highest BCUT2D eigenvalue weighted by atomic mass is 16.5. The van der Waals surface area contributed by atoms with E-state index in [2.05, 4.69) is 10.1 Å². The van der Waals surface area contributed by atoms with Crippen LogP contribution in [0.4, 0.5) is 5.82 Å². The van der Waals surface area contributed by atoms with Crippen molar-refractivity contribution < 1.29 is 14.3 Å². The first-order valence-corrected chi connectivity index (χ1v) is 6.77. The number of esters is 1. The van der Waals surface area contributed by atoms with E-state index in [9.17, 15) is 4.79 Å². The molecule has 114 valence electrons. The number of anilines is 1. The summed E-state index contributed by atoms with van der Waals surface area (Å²) in [5.74, 6) is 0.0164. The van der Waals surface area contributed by atoms with Gasteiger partial charge in [0.15, 0.2) is 0 Å². The molecule has 0 unspecified atom stereocenters. The van der Waals surface area contributed by atoms with Crippen molar-refractivity contribution in [3.63, 3.8) is 0 Å². The van der Waals surface area contributed by atoms with Gasteiger partial charge in [0.1, 0.15) is 11.3 Å². The number of hydrogen-bond acceptors (Lipinski definition) is 6. The molecule has 3 rings (SSSR count). The Morgan fingerprint density at radius 1 is 1.32 bits per heavy atom. The maximum atomic E-state index is 11.7. The minimum absolute atomic E-state index is 0.398. The van der Waals surface area contributed by atoms with Crippen molar-refractivity contribution in [3.05, 3.63) is 30.0 Å². The second kappa shape index (κ2) is 5.61. The highest BCUT2D eigenvalue weighted by Gasteiger charge is 2.13. The predicted molar refractivity (Wildman–Crippen MR) is 82.7 cm³/mol. The molecule has 7 heteroatoms. The van der Waals surface area contributed by atoms with E-state index in [0.717, 1.165) is 10.8 Å². The van der Waals surface area contributed by atoms with Crippen molar-refractivity contribution in [2.45, 2.75) is 6.54 Å². The first-order chi connectivity index (χ1) is 10.6. The van der Waals surface area contributed by atoms with Crippen molar-refractivity contribution in [1.82, 2.24) is 14.8 Å². The minimum atomic E-state index is -0.398. The number of rotatable bonds is 4. The Kier molecular flexibility index (Phi) is 3.64. The Labute approximate surface area is 126 Å². The molecule has 0 atom stereocenters. The molecule has 0 radical (unpaired) electrons. The summed E-state index contributed by atoms with van der Waals surface area (Å²) in [5, 5.41) is 6.05. The molecular formula is C15H16N4O3. The number of nitrogens with two attached hydrogens (primary N) is 1. The predicted octanol–water partition coefficient (Wildman–Crippen LogP) is 1.60. The average Bonchev–Trinajstić information content (AvgIpc) is 2.97. The highest BCUT2D eigenvalue weighted by Crippen LogP contribution is 2.27. The molecule has 0 aliphatic rings. The van der Waals surface area contributed by atoms with E-state index in [1.165, 1.54) is 7.11 Å². The molecular weight excluding hydrogens is 284 g/mol. The Morgan fingerprint density at radius 3 is 2.86 bits per heavy atom. The van der Waals surface area contributed by atoms with Crippen molar-refractivity contribution in [1.29, 1.82) is 0 Å². The van der Waals surface area contributed by atoms with Gasteiger partial charge in [0.2, 0.25) is 0 Å². The van der Waals surface area contributed by atoms with Gasteiger partial charge in [-0.05, 0) is 18.2 Å². The first-order valence-electron chi connectivity index (χ1n) is 6.77. The molecule has 0 amide bonds. The van der Waals surface area contributed by atoms with Gasteiger partial charge in [-0.15, -0.1) is 0 Å². The van der Waals surface area contributed by atoms with Crippen LogP contribution >= 0.6 is 0 Å². The highest BCUT2D eigenvalue weighted by molar-refractivity contribution is 6.09. The molecule has 3 aromatic rings. The molecule has 2 N–H and O–H groups in total. The van der Waals surface area contributed by atoms with Gasteiger partial charge in [0.25, 0.3) is 0 Å². The number of nitrogens with zero attached hydrogens (tertiary/aromatic N) is 3. The van der Waals surface area contributed by atoms with Crippen LogP contribution in [0, 0.1) is 0 Å². The third-order valence-corrected chi connectivity index (χ3v) is 3.48. The van der Waals surface area contributed by atoms with E-state index in [0.29, 0.717) is 35.6 Å². The molecule has 7 nitrogen and oxygen atoms in total. The lowest BCUT2D eigenvalue weighted by atomic mass is 10.1. The topological polar surface area (TPSA) is 92.3 Å². The minimum Gasteiger partial charge on any atom is -0.465 e. The number of aromatic nitrogens is 3. The zero-order chi connectivity index (χ0) is 15.7. The molecule has 0 saturated carbocycles. The third kappa shape index (κ3) is 2.35. The van der Waals surface area contributed by atoms with E-state index in [1.807, 2.05) is 6.20 Å². The van der Waals surface area contributed by atoms with Crippen LogP contribution in [0.15, 0.2) is 24.4 Å². The number of nitrogen functional groups attached to an aromatic ring is 1. The Balaban J connectivity index is 2.21. The maximum absolute atomic E-state index is 11.7. The van der Waals surface area contributed by atoms with Gasteiger partial charge in [0, 0.05) is 18.7 Å². The quantitative estimate of drug-likeness (QED) is 0.736. The number of carbonyl (C=O) groups is 1. The molecule has 2 aromatic heterocycles. The van der Waals surface area contributed by atoms with Gasteiger partial charge in [-0.1, -0.05) is 0 Å². The van der Waals surface area contributed by atoms with E-state index in [-0.39, 0.29) is 0 Å². The normalized spacial score (nSPS) is 11.2. The van der Waals surface area contributed by atoms with Crippen LogP contribution in [0.5, 0.6) is 0 Å². The lowest BCUT2D eigenvalue weighted by molar-refractivity contribution is 0.0601. The molecule has 0 spiro atoms. The summed E-state index contributed by atoms with van der Waals surface area (Å²) >= 11 is 0. The van der Waals surface area contributed by atoms with Crippen LogP contribution in [-0.4, -0.2) is 41.6 Å². The molecule has 2 heterocycles. The van der Waals surface area contributed by atoms with Crippen LogP contribution < -0.4 is 5.73 Å². The molecule has 0 saturated heterocycles. The Morgan fingerprint density at radius 2 is 2.14 bits per heavy atom. The van der Waals surface area contributed by atoms with Crippen LogP contribution in [0.25, 0.3) is 21.8 Å². The number of methoxy groups -OCH3 is 2. The Hall–Kier alpha value is -2.67. The molecule has 0 fully saturated rings. The summed E-state index contributed by atoms with van der Waals surface area (Å²) in [6.07, 6.45) is 1.83. The van der Waals surface area contributed by atoms with Crippen LogP contribution in [0.3, 0.4) is 0 Å². The third-order valence-electron chi connectivity index (χ3n) is 3.48. The second-order valence-corrected chi connectivity index (χ2v) is 4.87. The summed E-state index contributed by atoms with van der Waals surface area (Å²) in [6.45, 7) is 1.16. The lowest BCUT2D eigenvalue weighted by Crippen LogP contribution is -2.04. The van der Waals surface area contributed by atoms with Gasteiger partial charge in [0.05, 0.1) is 36.7 Å². The fourth-order valence-corrected chi connectivity index (χ4v) is 2.37. The standard InChI is InChI=1S/C15H16N4O3/c1-21-6-5-19-8-11-13(18-19)10-7-9(15(20)22-2)3-4-12(10)17-14(11)16/h3-4,7-8H,5-6H2,1-2H3,(H2,16,17). The zero-order valence-electron chi connectivity index (χ0n) is 12.4. The zero-order valence-corrected chi connectivity index (χ0v) is 12.4. The first kappa shape index (κ1) is 14.3. The van der Waals surface area contributed by atoms with Crippen molar-refractivity contribution >= 4 is 33.6 Å². The molecule has 1 aromatic carbocycles. The largest absolute Gasteiger partial charge is 0.465 e. The van der Waals surface area contributed by atoms with Gasteiger partial charge >= 0.3 is 5.97 Å². The van der Waals surface area contributed by atoms with Crippen LogP contribution in [0.1, 0.15) is 10.4 Å². The van der Waals surface area contributed by atoms with Crippen molar-refractivity contribution in [2.75, 3.05) is 26.6 Å². The van der Waals surface area contributed by atoms with Gasteiger partial charge in [-0.3, -0.25) is 4.68 Å². The van der Waals surface area contributed by atoms with E-state index in [4.69, 9.17) is 15.2 Å². The van der Waals surface area contributed by atoms with E-state index in [1.54, 1.807) is 30.0 Å². The fraction of sp³-hybridized carbons (Fsp3) is 0.267. The van der Waals surface area contributed by atoms with Crippen LogP contribution in [0.2, 0.25) is 0 Å². The maximum Gasteiger partial charge on any atom is 0.337 e. The number of ether oxygens (including phenoxy) is 2. The SMILES string of the molecule is COCCn1cc2c(N)nc3ccc(C(=O)OC)cc3c2n1. The fourth-order valence-electron chi connectivity index (χ4n) is 2.37. The summed E-state index contributed by atoms with van der Waals surface area (Å²) in [6, 6.07) is 5.13. The van der Waals surface area contributed by atoms with Gasteiger partial charge in [-0.2, -0.15) is 5.10 Å². The van der Waals surface area contributed by atoms with E-state index >= 15 is 0 Å². The Bertz CT molecular complexity index is 857. The van der Waals surface area contributed by atoms with E-state index < -0.39 is 5.97 Å². The number of hydrogen-bond donors (Lipinski definition) is 1. The number of fused-ring (bicyclic) bond motifs is 3. The van der Waals surface area contributed by atoms with Crippen LogP contribution in [-0.2, 0) is 16.0 Å². The summed E-state index contributed by atoms with van der Waals surface area (Å²) in [5.41, 5.74) is 7.86. The second-order valence-electron chi connectivity index (χ2n) is 4.87.